The molecule has 3 N–H and O–H groups in total. The highest BCUT2D eigenvalue weighted by atomic mass is 35.5. The molecule has 0 aliphatic rings. The molecule has 110 valence electrons. The van der Waals surface area contributed by atoms with Crippen molar-refractivity contribution in [1.82, 2.24) is 0 Å². The Hall–Kier alpha value is -1.07. The molecule has 0 saturated carbocycles. The fourth-order valence-corrected chi connectivity index (χ4v) is 3.20. The summed E-state index contributed by atoms with van der Waals surface area (Å²) in [6, 6.07) is 10.4. The summed E-state index contributed by atoms with van der Waals surface area (Å²) < 4.78 is 0. The number of nitrogen functional groups attached to an aromatic ring is 1. The number of hydrogen-bond acceptors (Lipinski definition) is 3. The minimum Gasteiger partial charge on any atom is -0.397 e. The molecule has 0 fully saturated rings. The number of carbonyl (C=O) groups excluding carboxylic acids is 1. The quantitative estimate of drug-likeness (QED) is 0.598. The third kappa shape index (κ3) is 4.45. The molecule has 0 unspecified atom stereocenters. The van der Waals surface area contributed by atoms with E-state index in [1.54, 1.807) is 6.07 Å². The van der Waals surface area contributed by atoms with E-state index in [9.17, 15) is 4.79 Å². The SMILES string of the molecule is Nc1cc(Cl)cc(Cl)c1NC(=O)CSc1ccccc1Cl. The lowest BCUT2D eigenvalue weighted by Crippen LogP contribution is -2.15. The number of benzene rings is 2. The predicted octanol–water partition coefficient (Wildman–Crippen LogP) is 4.96. The first-order chi connectivity index (χ1) is 9.97. The summed E-state index contributed by atoms with van der Waals surface area (Å²) in [4.78, 5) is 12.8. The molecule has 0 aliphatic carbocycles. The number of anilines is 2. The monoisotopic (exact) mass is 360 g/mol. The molecule has 21 heavy (non-hydrogen) atoms. The van der Waals surface area contributed by atoms with Gasteiger partial charge in [0.1, 0.15) is 0 Å². The number of rotatable bonds is 4. The maximum absolute atomic E-state index is 12.0. The van der Waals surface area contributed by atoms with Crippen molar-refractivity contribution >= 4 is 63.8 Å². The van der Waals surface area contributed by atoms with Crippen molar-refractivity contribution in [2.24, 2.45) is 0 Å². The lowest BCUT2D eigenvalue weighted by atomic mass is 10.2. The molecule has 7 heteroatoms. The second-order valence-electron chi connectivity index (χ2n) is 4.12. The number of thioether (sulfide) groups is 1. The molecule has 2 aromatic rings. The van der Waals surface area contributed by atoms with E-state index in [2.05, 4.69) is 5.32 Å². The molecule has 1 amide bonds. The van der Waals surface area contributed by atoms with E-state index in [-0.39, 0.29) is 11.7 Å². The first-order valence-electron chi connectivity index (χ1n) is 5.89. The van der Waals surface area contributed by atoms with Gasteiger partial charge in [-0.15, -0.1) is 11.8 Å². The zero-order chi connectivity index (χ0) is 15.4. The van der Waals surface area contributed by atoms with Crippen LogP contribution in [0.5, 0.6) is 0 Å². The van der Waals surface area contributed by atoms with Crippen molar-refractivity contribution in [3.63, 3.8) is 0 Å². The standard InChI is InChI=1S/C14H11Cl3N2OS/c15-8-5-10(17)14(11(18)6-8)19-13(20)7-21-12-4-2-1-3-9(12)16/h1-6H,7,18H2,(H,19,20). The maximum atomic E-state index is 12.0. The van der Waals surface area contributed by atoms with E-state index in [4.69, 9.17) is 40.5 Å². The first kappa shape index (κ1) is 16.3. The normalized spacial score (nSPS) is 10.4. The van der Waals surface area contributed by atoms with E-state index in [0.29, 0.717) is 26.4 Å². The Morgan fingerprint density at radius 1 is 1.14 bits per heavy atom. The highest BCUT2D eigenvalue weighted by Crippen LogP contribution is 2.32. The zero-order valence-corrected chi connectivity index (χ0v) is 13.8. The van der Waals surface area contributed by atoms with Crippen LogP contribution in [0.1, 0.15) is 0 Å². The van der Waals surface area contributed by atoms with Gasteiger partial charge >= 0.3 is 0 Å². The molecule has 0 radical (unpaired) electrons. The van der Waals surface area contributed by atoms with Crippen LogP contribution < -0.4 is 11.1 Å². The number of carbonyl (C=O) groups is 1. The Morgan fingerprint density at radius 3 is 2.52 bits per heavy atom. The van der Waals surface area contributed by atoms with Crippen molar-refractivity contribution in [2.45, 2.75) is 4.90 Å². The summed E-state index contributed by atoms with van der Waals surface area (Å²) in [6.45, 7) is 0. The van der Waals surface area contributed by atoms with Gasteiger partial charge in [0.25, 0.3) is 0 Å². The molecule has 0 bridgehead atoms. The molecule has 0 atom stereocenters. The second kappa shape index (κ2) is 7.27. The predicted molar refractivity (Wildman–Crippen MR) is 91.7 cm³/mol. The van der Waals surface area contributed by atoms with Gasteiger partial charge in [0, 0.05) is 9.92 Å². The van der Waals surface area contributed by atoms with Crippen LogP contribution in [0.4, 0.5) is 11.4 Å². The number of amides is 1. The molecule has 0 aliphatic heterocycles. The van der Waals surface area contributed by atoms with Crippen molar-refractivity contribution in [2.75, 3.05) is 16.8 Å². The van der Waals surface area contributed by atoms with E-state index in [1.165, 1.54) is 23.9 Å². The van der Waals surface area contributed by atoms with Crippen molar-refractivity contribution in [3.05, 3.63) is 51.5 Å². The smallest absolute Gasteiger partial charge is 0.234 e. The average Bonchev–Trinajstić information content (AvgIpc) is 2.42. The zero-order valence-electron chi connectivity index (χ0n) is 10.7. The molecule has 0 saturated heterocycles. The fraction of sp³-hybridized carbons (Fsp3) is 0.0714. The van der Waals surface area contributed by atoms with Crippen LogP contribution in [-0.4, -0.2) is 11.7 Å². The van der Waals surface area contributed by atoms with Gasteiger partial charge in [0.15, 0.2) is 0 Å². The van der Waals surface area contributed by atoms with Crippen LogP contribution in [0, 0.1) is 0 Å². The van der Waals surface area contributed by atoms with Crippen LogP contribution >= 0.6 is 46.6 Å². The average molecular weight is 362 g/mol. The minimum absolute atomic E-state index is 0.197. The number of halogens is 3. The van der Waals surface area contributed by atoms with Crippen LogP contribution in [0.15, 0.2) is 41.3 Å². The van der Waals surface area contributed by atoms with Gasteiger partial charge in [-0.3, -0.25) is 4.79 Å². The second-order valence-corrected chi connectivity index (χ2v) is 6.39. The highest BCUT2D eigenvalue weighted by molar-refractivity contribution is 8.00. The lowest BCUT2D eigenvalue weighted by Gasteiger charge is -2.11. The molecule has 3 nitrogen and oxygen atoms in total. The first-order valence-corrected chi connectivity index (χ1v) is 8.01. The Morgan fingerprint density at radius 2 is 1.86 bits per heavy atom. The maximum Gasteiger partial charge on any atom is 0.234 e. The van der Waals surface area contributed by atoms with Gasteiger partial charge in [0.2, 0.25) is 5.91 Å². The van der Waals surface area contributed by atoms with Crippen molar-refractivity contribution in [1.29, 1.82) is 0 Å². The molecule has 0 heterocycles. The van der Waals surface area contributed by atoms with Crippen LogP contribution in [0.3, 0.4) is 0 Å². The van der Waals surface area contributed by atoms with Gasteiger partial charge in [-0.2, -0.15) is 0 Å². The Labute approximate surface area is 141 Å². The van der Waals surface area contributed by atoms with Crippen molar-refractivity contribution < 1.29 is 4.79 Å². The van der Waals surface area contributed by atoms with E-state index in [1.807, 2.05) is 18.2 Å². The van der Waals surface area contributed by atoms with Crippen molar-refractivity contribution in [3.8, 4) is 0 Å². The Kier molecular flexibility index (Phi) is 5.65. The van der Waals surface area contributed by atoms with Gasteiger partial charge < -0.3 is 11.1 Å². The molecule has 2 rings (SSSR count). The van der Waals surface area contributed by atoms with E-state index < -0.39 is 0 Å². The summed E-state index contributed by atoms with van der Waals surface area (Å²) in [7, 11) is 0. The van der Waals surface area contributed by atoms with Crippen LogP contribution in [0.25, 0.3) is 0 Å². The fourth-order valence-electron chi connectivity index (χ4n) is 1.61. The Bertz CT molecular complexity index is 656. The summed E-state index contributed by atoms with van der Waals surface area (Å²) in [5, 5.41) is 4.01. The van der Waals surface area contributed by atoms with E-state index >= 15 is 0 Å². The number of nitrogens with two attached hydrogens (primary N) is 1. The molecular weight excluding hydrogens is 351 g/mol. The van der Waals surface area contributed by atoms with Gasteiger partial charge in [-0.05, 0) is 24.3 Å². The molecular formula is C14H11Cl3N2OS. The summed E-state index contributed by atoms with van der Waals surface area (Å²) in [6.07, 6.45) is 0. The summed E-state index contributed by atoms with van der Waals surface area (Å²) in [5.74, 6) is -0.0295. The number of hydrogen-bond donors (Lipinski definition) is 2. The highest BCUT2D eigenvalue weighted by Gasteiger charge is 2.11. The van der Waals surface area contributed by atoms with Crippen LogP contribution in [-0.2, 0) is 4.79 Å². The van der Waals surface area contributed by atoms with Gasteiger partial charge in [-0.25, -0.2) is 0 Å². The summed E-state index contributed by atoms with van der Waals surface area (Å²) >= 11 is 19.2. The molecule has 2 aromatic carbocycles. The third-order valence-electron chi connectivity index (χ3n) is 2.55. The van der Waals surface area contributed by atoms with Gasteiger partial charge in [-0.1, -0.05) is 46.9 Å². The third-order valence-corrected chi connectivity index (χ3v) is 4.58. The summed E-state index contributed by atoms with van der Waals surface area (Å²) in [5.41, 5.74) is 6.48. The minimum atomic E-state index is -0.226. The molecule has 0 aromatic heterocycles. The molecule has 0 spiro atoms. The largest absolute Gasteiger partial charge is 0.397 e. The number of nitrogens with one attached hydrogen (secondary N) is 1. The van der Waals surface area contributed by atoms with Crippen LogP contribution in [0.2, 0.25) is 15.1 Å². The van der Waals surface area contributed by atoms with E-state index in [0.717, 1.165) is 4.90 Å². The van der Waals surface area contributed by atoms with Gasteiger partial charge in [0.05, 0.1) is 27.2 Å². The lowest BCUT2D eigenvalue weighted by molar-refractivity contribution is -0.113. The topological polar surface area (TPSA) is 55.1 Å². The Balaban J connectivity index is 2.01.